The van der Waals surface area contributed by atoms with Gasteiger partial charge in [0.2, 0.25) is 0 Å². The second kappa shape index (κ2) is 5.95. The number of aromatic nitrogens is 3. The Labute approximate surface area is 122 Å². The van der Waals surface area contributed by atoms with E-state index < -0.39 is 5.97 Å². The lowest BCUT2D eigenvalue weighted by molar-refractivity contribution is -0.136. The lowest BCUT2D eigenvalue weighted by atomic mass is 10.1. The first-order valence-corrected chi connectivity index (χ1v) is 7.06. The third-order valence-electron chi connectivity index (χ3n) is 3.56. The fraction of sp³-hybridized carbons (Fsp3) is 0.400. The third kappa shape index (κ3) is 3.39. The zero-order chi connectivity index (χ0) is 14.7. The molecule has 0 amide bonds. The van der Waals surface area contributed by atoms with E-state index in [0.29, 0.717) is 6.42 Å². The van der Waals surface area contributed by atoms with Gasteiger partial charge in [-0.05, 0) is 23.6 Å². The molecular formula is C15H17N3O3. The number of fused-ring (bicyclic) bond motifs is 1. The summed E-state index contributed by atoms with van der Waals surface area (Å²) in [7, 11) is 0. The Hall–Kier alpha value is -2.37. The average Bonchev–Trinajstić information content (AvgIpc) is 3.11. The van der Waals surface area contributed by atoms with Crippen molar-refractivity contribution in [2.24, 2.45) is 0 Å². The highest BCUT2D eigenvalue weighted by molar-refractivity contribution is 5.66. The largest absolute Gasteiger partial charge is 0.493 e. The predicted octanol–water partition coefficient (Wildman–Crippen LogP) is 1.47. The smallest absolute Gasteiger partial charge is 0.303 e. The molecule has 0 unspecified atom stereocenters. The number of aryl methyl sites for hydroxylation is 3. The Morgan fingerprint density at radius 2 is 2.29 bits per heavy atom. The number of ether oxygens (including phenoxy) is 1. The number of aliphatic carboxylic acids is 1. The van der Waals surface area contributed by atoms with Gasteiger partial charge in [-0.15, -0.1) is 5.10 Å². The minimum absolute atomic E-state index is 0.0868. The number of rotatable bonds is 6. The molecule has 1 aromatic carbocycles. The van der Waals surface area contributed by atoms with Gasteiger partial charge >= 0.3 is 5.97 Å². The first-order chi connectivity index (χ1) is 10.2. The van der Waals surface area contributed by atoms with E-state index in [1.54, 1.807) is 4.68 Å². The topological polar surface area (TPSA) is 77.2 Å². The molecule has 0 saturated heterocycles. The van der Waals surface area contributed by atoms with Gasteiger partial charge in [0.15, 0.2) is 0 Å². The van der Waals surface area contributed by atoms with Gasteiger partial charge in [-0.2, -0.15) is 0 Å². The van der Waals surface area contributed by atoms with Crippen LogP contribution in [0.5, 0.6) is 5.75 Å². The van der Waals surface area contributed by atoms with Crippen molar-refractivity contribution >= 4 is 5.97 Å². The number of carboxylic acid groups (broad SMARTS) is 1. The maximum absolute atomic E-state index is 10.5. The summed E-state index contributed by atoms with van der Waals surface area (Å²) in [5, 5.41) is 16.7. The molecule has 0 atom stereocenters. The normalized spacial score (nSPS) is 13.0. The van der Waals surface area contributed by atoms with E-state index in [9.17, 15) is 4.79 Å². The van der Waals surface area contributed by atoms with Crippen LogP contribution in [-0.2, 0) is 30.6 Å². The van der Waals surface area contributed by atoms with Gasteiger partial charge in [0, 0.05) is 25.6 Å². The SMILES string of the molecule is O=C(O)CCc1cn(CCc2ccc3c(c2)CCO3)nn1. The first-order valence-electron chi connectivity index (χ1n) is 7.06. The van der Waals surface area contributed by atoms with Crippen LogP contribution in [0.15, 0.2) is 24.4 Å². The van der Waals surface area contributed by atoms with Crippen molar-refractivity contribution < 1.29 is 14.6 Å². The van der Waals surface area contributed by atoms with Gasteiger partial charge in [-0.25, -0.2) is 0 Å². The molecule has 6 nitrogen and oxygen atoms in total. The van der Waals surface area contributed by atoms with Crippen molar-refractivity contribution in [1.82, 2.24) is 15.0 Å². The summed E-state index contributed by atoms with van der Waals surface area (Å²) in [6.07, 6.45) is 4.18. The van der Waals surface area contributed by atoms with E-state index in [0.717, 1.165) is 37.4 Å². The van der Waals surface area contributed by atoms with Crippen molar-refractivity contribution in [1.29, 1.82) is 0 Å². The second-order valence-corrected chi connectivity index (χ2v) is 5.16. The molecule has 1 N–H and O–H groups in total. The van der Waals surface area contributed by atoms with Gasteiger partial charge in [0.05, 0.1) is 18.7 Å². The highest BCUT2D eigenvalue weighted by atomic mass is 16.5. The number of hydrogen-bond acceptors (Lipinski definition) is 4. The van der Waals surface area contributed by atoms with E-state index in [2.05, 4.69) is 22.4 Å². The second-order valence-electron chi connectivity index (χ2n) is 5.16. The van der Waals surface area contributed by atoms with Crippen molar-refractivity contribution in [2.75, 3.05) is 6.61 Å². The van der Waals surface area contributed by atoms with Crippen LogP contribution in [0.1, 0.15) is 23.2 Å². The fourth-order valence-electron chi connectivity index (χ4n) is 2.44. The maximum Gasteiger partial charge on any atom is 0.303 e. The Balaban J connectivity index is 1.56. The number of benzene rings is 1. The summed E-state index contributed by atoms with van der Waals surface area (Å²) in [5.74, 6) is 0.181. The number of carbonyl (C=O) groups is 1. The lowest BCUT2D eigenvalue weighted by Crippen LogP contribution is -2.02. The molecule has 0 bridgehead atoms. The number of nitrogens with zero attached hydrogens (tertiary/aromatic N) is 3. The fourth-order valence-corrected chi connectivity index (χ4v) is 2.44. The monoisotopic (exact) mass is 287 g/mol. The molecule has 3 rings (SSSR count). The van der Waals surface area contributed by atoms with E-state index in [-0.39, 0.29) is 6.42 Å². The van der Waals surface area contributed by atoms with Crippen LogP contribution in [0.2, 0.25) is 0 Å². The zero-order valence-electron chi connectivity index (χ0n) is 11.7. The number of hydrogen-bond donors (Lipinski definition) is 1. The van der Waals surface area contributed by atoms with E-state index in [1.165, 1.54) is 11.1 Å². The standard InChI is InChI=1S/C15H17N3O3/c19-15(20)4-2-13-10-18(17-16-13)7-5-11-1-3-14-12(9-11)6-8-21-14/h1,3,9-10H,2,4-8H2,(H,19,20). The Bertz CT molecular complexity index is 651. The van der Waals surface area contributed by atoms with Gasteiger partial charge in [-0.1, -0.05) is 17.3 Å². The van der Waals surface area contributed by atoms with Crippen LogP contribution >= 0.6 is 0 Å². The van der Waals surface area contributed by atoms with Crippen LogP contribution in [0, 0.1) is 0 Å². The van der Waals surface area contributed by atoms with Gasteiger partial charge < -0.3 is 9.84 Å². The summed E-state index contributed by atoms with van der Waals surface area (Å²) in [6, 6.07) is 6.29. The molecule has 21 heavy (non-hydrogen) atoms. The molecule has 1 aliphatic rings. The molecule has 0 radical (unpaired) electrons. The Morgan fingerprint density at radius 1 is 1.38 bits per heavy atom. The maximum atomic E-state index is 10.5. The summed E-state index contributed by atoms with van der Waals surface area (Å²) in [4.78, 5) is 10.5. The Morgan fingerprint density at radius 3 is 3.14 bits per heavy atom. The van der Waals surface area contributed by atoms with Crippen molar-refractivity contribution in [3.63, 3.8) is 0 Å². The van der Waals surface area contributed by atoms with Crippen LogP contribution in [0.25, 0.3) is 0 Å². The predicted molar refractivity (Wildman–Crippen MR) is 75.3 cm³/mol. The van der Waals surface area contributed by atoms with Crippen LogP contribution in [0.4, 0.5) is 0 Å². The molecular weight excluding hydrogens is 270 g/mol. The van der Waals surface area contributed by atoms with Crippen molar-refractivity contribution in [3.05, 3.63) is 41.2 Å². The molecule has 0 fully saturated rings. The molecule has 6 heteroatoms. The van der Waals surface area contributed by atoms with E-state index >= 15 is 0 Å². The lowest BCUT2D eigenvalue weighted by Gasteiger charge is -2.04. The molecule has 110 valence electrons. The first kappa shape index (κ1) is 13.6. The molecule has 0 aliphatic carbocycles. The van der Waals surface area contributed by atoms with Crippen molar-refractivity contribution in [3.8, 4) is 5.75 Å². The summed E-state index contributed by atoms with van der Waals surface area (Å²) < 4.78 is 7.26. The van der Waals surface area contributed by atoms with Crippen LogP contribution in [-0.4, -0.2) is 32.7 Å². The van der Waals surface area contributed by atoms with E-state index in [4.69, 9.17) is 9.84 Å². The summed E-state index contributed by atoms with van der Waals surface area (Å²) in [6.45, 7) is 1.51. The summed E-state index contributed by atoms with van der Waals surface area (Å²) in [5.41, 5.74) is 3.25. The highest BCUT2D eigenvalue weighted by Crippen LogP contribution is 2.26. The quantitative estimate of drug-likeness (QED) is 0.870. The highest BCUT2D eigenvalue weighted by Gasteiger charge is 2.12. The molecule has 0 saturated carbocycles. The minimum atomic E-state index is -0.815. The van der Waals surface area contributed by atoms with Gasteiger partial charge in [-0.3, -0.25) is 9.48 Å². The molecule has 2 heterocycles. The van der Waals surface area contributed by atoms with E-state index in [1.807, 2.05) is 12.3 Å². The van der Waals surface area contributed by atoms with Gasteiger partial charge in [0.25, 0.3) is 0 Å². The average molecular weight is 287 g/mol. The third-order valence-corrected chi connectivity index (χ3v) is 3.56. The zero-order valence-corrected chi connectivity index (χ0v) is 11.7. The van der Waals surface area contributed by atoms with Crippen molar-refractivity contribution in [2.45, 2.75) is 32.2 Å². The Kier molecular flexibility index (Phi) is 3.85. The molecule has 1 aliphatic heterocycles. The molecule has 1 aromatic heterocycles. The number of carboxylic acids is 1. The van der Waals surface area contributed by atoms with Crippen LogP contribution < -0.4 is 4.74 Å². The van der Waals surface area contributed by atoms with Crippen LogP contribution in [0.3, 0.4) is 0 Å². The summed E-state index contributed by atoms with van der Waals surface area (Å²) >= 11 is 0. The van der Waals surface area contributed by atoms with Gasteiger partial charge in [0.1, 0.15) is 5.75 Å². The molecule has 0 spiro atoms. The molecule has 2 aromatic rings. The minimum Gasteiger partial charge on any atom is -0.493 e.